The SMILES string of the molecule is c1ccc(-c2ccc(N(c3ccc4ccc5cc6oc7ccccc7c6cc5c4c3)c3cc4ccccc4c4ccccc34)cc2)cc1. The molecule has 2 nitrogen and oxygen atoms in total. The lowest BCUT2D eigenvalue weighted by Gasteiger charge is -2.28. The predicted octanol–water partition coefficient (Wildman–Crippen LogP) is 13.3. The van der Waals surface area contributed by atoms with Crippen molar-refractivity contribution in [1.82, 2.24) is 0 Å². The molecule has 48 heavy (non-hydrogen) atoms. The fourth-order valence-corrected chi connectivity index (χ4v) is 7.48. The Hall–Kier alpha value is -6.38. The number of hydrogen-bond acceptors (Lipinski definition) is 2. The largest absolute Gasteiger partial charge is 0.456 e. The van der Waals surface area contributed by atoms with Gasteiger partial charge in [0.05, 0.1) is 5.69 Å². The summed E-state index contributed by atoms with van der Waals surface area (Å²) in [7, 11) is 0. The summed E-state index contributed by atoms with van der Waals surface area (Å²) in [6, 6.07) is 63.5. The van der Waals surface area contributed by atoms with Crippen molar-refractivity contribution in [2.45, 2.75) is 0 Å². The summed E-state index contributed by atoms with van der Waals surface area (Å²) >= 11 is 0. The fraction of sp³-hybridized carbons (Fsp3) is 0. The summed E-state index contributed by atoms with van der Waals surface area (Å²) < 4.78 is 6.26. The van der Waals surface area contributed by atoms with Gasteiger partial charge < -0.3 is 9.32 Å². The van der Waals surface area contributed by atoms with Crippen LogP contribution in [0, 0.1) is 0 Å². The third-order valence-electron chi connectivity index (χ3n) is 9.80. The molecule has 0 saturated heterocycles. The molecule has 9 aromatic carbocycles. The number of anilines is 3. The Balaban J connectivity index is 1.24. The average molecular weight is 612 g/mol. The van der Waals surface area contributed by atoms with E-state index in [1.807, 2.05) is 12.1 Å². The molecule has 1 aromatic heterocycles. The van der Waals surface area contributed by atoms with Gasteiger partial charge in [0, 0.05) is 27.5 Å². The quantitative estimate of drug-likeness (QED) is 0.184. The molecule has 0 radical (unpaired) electrons. The summed E-state index contributed by atoms with van der Waals surface area (Å²) in [4.78, 5) is 2.42. The molecule has 224 valence electrons. The van der Waals surface area contributed by atoms with E-state index in [2.05, 4.69) is 169 Å². The number of fused-ring (bicyclic) bond motifs is 9. The summed E-state index contributed by atoms with van der Waals surface area (Å²) in [5.74, 6) is 0. The minimum atomic E-state index is 0.918. The van der Waals surface area contributed by atoms with E-state index in [4.69, 9.17) is 4.42 Å². The van der Waals surface area contributed by atoms with Crippen molar-refractivity contribution >= 4 is 82.1 Å². The number of hydrogen-bond donors (Lipinski definition) is 0. The minimum absolute atomic E-state index is 0.918. The van der Waals surface area contributed by atoms with Crippen molar-refractivity contribution in [2.75, 3.05) is 4.90 Å². The van der Waals surface area contributed by atoms with Crippen molar-refractivity contribution in [1.29, 1.82) is 0 Å². The molecular formula is C46H29NO. The van der Waals surface area contributed by atoms with Crippen LogP contribution in [0.25, 0.3) is 76.2 Å². The summed E-state index contributed by atoms with van der Waals surface area (Å²) in [5, 5.41) is 12.0. The van der Waals surface area contributed by atoms with E-state index in [0.29, 0.717) is 0 Å². The second-order valence-corrected chi connectivity index (χ2v) is 12.5. The summed E-state index contributed by atoms with van der Waals surface area (Å²) in [5.41, 5.74) is 7.62. The number of benzene rings is 9. The van der Waals surface area contributed by atoms with Crippen molar-refractivity contribution in [3.05, 3.63) is 176 Å². The van der Waals surface area contributed by atoms with Crippen LogP contribution >= 0.6 is 0 Å². The van der Waals surface area contributed by atoms with Crippen LogP contribution in [0.1, 0.15) is 0 Å². The molecule has 10 aromatic rings. The molecule has 2 heteroatoms. The molecule has 0 unspecified atom stereocenters. The highest BCUT2D eigenvalue weighted by atomic mass is 16.3. The third-order valence-corrected chi connectivity index (χ3v) is 9.80. The topological polar surface area (TPSA) is 16.4 Å². The van der Waals surface area contributed by atoms with E-state index < -0.39 is 0 Å². The molecule has 0 aliphatic heterocycles. The highest BCUT2D eigenvalue weighted by Gasteiger charge is 2.19. The normalized spacial score (nSPS) is 11.8. The van der Waals surface area contributed by atoms with Crippen LogP contribution in [0.15, 0.2) is 180 Å². The van der Waals surface area contributed by atoms with Crippen molar-refractivity contribution in [2.24, 2.45) is 0 Å². The molecule has 0 bridgehead atoms. The van der Waals surface area contributed by atoms with Crippen molar-refractivity contribution in [3.8, 4) is 11.1 Å². The molecule has 0 N–H and O–H groups in total. The molecule has 0 saturated carbocycles. The first-order valence-corrected chi connectivity index (χ1v) is 16.4. The monoisotopic (exact) mass is 611 g/mol. The predicted molar refractivity (Wildman–Crippen MR) is 204 cm³/mol. The second-order valence-electron chi connectivity index (χ2n) is 12.5. The van der Waals surface area contributed by atoms with E-state index >= 15 is 0 Å². The van der Waals surface area contributed by atoms with Crippen molar-refractivity contribution < 1.29 is 4.42 Å². The molecule has 0 fully saturated rings. The molecule has 1 heterocycles. The van der Waals surface area contributed by atoms with Gasteiger partial charge in [0.2, 0.25) is 0 Å². The Kier molecular flexibility index (Phi) is 5.91. The lowest BCUT2D eigenvalue weighted by molar-refractivity contribution is 0.669. The van der Waals surface area contributed by atoms with Crippen LogP contribution in [-0.4, -0.2) is 0 Å². The highest BCUT2D eigenvalue weighted by Crippen LogP contribution is 2.44. The molecule has 0 spiro atoms. The van der Waals surface area contributed by atoms with Crippen LogP contribution < -0.4 is 4.90 Å². The average Bonchev–Trinajstić information content (AvgIpc) is 3.52. The molecule has 0 atom stereocenters. The molecule has 10 rings (SSSR count). The van der Waals surface area contributed by atoms with Crippen LogP contribution in [-0.2, 0) is 0 Å². The maximum Gasteiger partial charge on any atom is 0.136 e. The van der Waals surface area contributed by atoms with Crippen LogP contribution in [0.4, 0.5) is 17.1 Å². The van der Waals surface area contributed by atoms with Gasteiger partial charge in [-0.3, -0.25) is 0 Å². The number of nitrogens with zero attached hydrogens (tertiary/aromatic N) is 1. The van der Waals surface area contributed by atoms with Crippen LogP contribution in [0.2, 0.25) is 0 Å². The maximum atomic E-state index is 6.26. The lowest BCUT2D eigenvalue weighted by atomic mass is 9.97. The Morgan fingerprint density at radius 1 is 0.312 bits per heavy atom. The van der Waals surface area contributed by atoms with Gasteiger partial charge in [-0.05, 0) is 97.4 Å². The maximum absolute atomic E-state index is 6.26. The molecule has 0 aliphatic rings. The van der Waals surface area contributed by atoms with Gasteiger partial charge >= 0.3 is 0 Å². The Labute approximate surface area is 277 Å². The standard InChI is InChI=1S/C46H29NO/c1-2-10-30(11-3-1)31-20-23-35(24-21-31)47(44-26-33-12-4-5-13-37(33)38-14-6-7-15-39(38)44)36-25-22-32-18-19-34-27-46-43(29-42(34)41(32)28-36)40-16-8-9-17-45(40)48-46/h1-29H. The van der Waals surface area contributed by atoms with Gasteiger partial charge in [0.1, 0.15) is 11.2 Å². The minimum Gasteiger partial charge on any atom is -0.456 e. The zero-order chi connectivity index (χ0) is 31.6. The van der Waals surface area contributed by atoms with E-state index in [-0.39, 0.29) is 0 Å². The zero-order valence-corrected chi connectivity index (χ0v) is 26.1. The Bertz CT molecular complexity index is 2830. The first-order chi connectivity index (χ1) is 23.8. The van der Waals surface area contributed by atoms with E-state index in [0.717, 1.165) is 39.0 Å². The van der Waals surface area contributed by atoms with Gasteiger partial charge in [0.15, 0.2) is 0 Å². The third kappa shape index (κ3) is 4.20. The van der Waals surface area contributed by atoms with Crippen LogP contribution in [0.3, 0.4) is 0 Å². The Morgan fingerprint density at radius 2 is 0.917 bits per heavy atom. The summed E-state index contributed by atoms with van der Waals surface area (Å²) in [6.07, 6.45) is 0. The highest BCUT2D eigenvalue weighted by molar-refractivity contribution is 6.18. The Morgan fingerprint density at radius 3 is 1.77 bits per heavy atom. The van der Waals surface area contributed by atoms with Gasteiger partial charge in [-0.1, -0.05) is 127 Å². The molecule has 0 aliphatic carbocycles. The lowest BCUT2D eigenvalue weighted by Crippen LogP contribution is -2.10. The number of para-hydroxylation sites is 1. The molecule has 0 amide bonds. The molecular weight excluding hydrogens is 583 g/mol. The fourth-order valence-electron chi connectivity index (χ4n) is 7.48. The second kappa shape index (κ2) is 10.6. The first kappa shape index (κ1) is 26.8. The number of rotatable bonds is 4. The van der Waals surface area contributed by atoms with Crippen molar-refractivity contribution in [3.63, 3.8) is 0 Å². The number of furan rings is 1. The van der Waals surface area contributed by atoms with Gasteiger partial charge in [-0.25, -0.2) is 0 Å². The van der Waals surface area contributed by atoms with Crippen LogP contribution in [0.5, 0.6) is 0 Å². The first-order valence-electron chi connectivity index (χ1n) is 16.4. The van der Waals surface area contributed by atoms with Gasteiger partial charge in [-0.15, -0.1) is 0 Å². The summed E-state index contributed by atoms with van der Waals surface area (Å²) in [6.45, 7) is 0. The van der Waals surface area contributed by atoms with E-state index in [9.17, 15) is 0 Å². The smallest absolute Gasteiger partial charge is 0.136 e. The van der Waals surface area contributed by atoms with Gasteiger partial charge in [0.25, 0.3) is 0 Å². The van der Waals surface area contributed by atoms with Gasteiger partial charge in [-0.2, -0.15) is 0 Å². The zero-order valence-electron chi connectivity index (χ0n) is 26.1. The van der Waals surface area contributed by atoms with E-state index in [1.54, 1.807) is 0 Å². The van der Waals surface area contributed by atoms with E-state index in [1.165, 1.54) is 54.2 Å².